The van der Waals surface area contributed by atoms with Crippen molar-refractivity contribution in [2.45, 2.75) is 13.0 Å². The number of hydrogen-bond acceptors (Lipinski definition) is 6. The summed E-state index contributed by atoms with van der Waals surface area (Å²) in [5.41, 5.74) is 0.134. The Morgan fingerprint density at radius 3 is 2.52 bits per heavy atom. The maximum Gasteiger partial charge on any atom is 0.332 e. The van der Waals surface area contributed by atoms with Crippen molar-refractivity contribution in [1.29, 1.82) is 0 Å². The topological polar surface area (TPSA) is 107 Å². The predicted molar refractivity (Wildman–Crippen MR) is 121 cm³/mol. The van der Waals surface area contributed by atoms with Crippen LogP contribution in [0.15, 0.2) is 28.0 Å². The van der Waals surface area contributed by atoms with Gasteiger partial charge in [-0.1, -0.05) is 0 Å². The van der Waals surface area contributed by atoms with E-state index in [4.69, 9.17) is 0 Å². The van der Waals surface area contributed by atoms with Gasteiger partial charge in [-0.15, -0.1) is 24.8 Å². The van der Waals surface area contributed by atoms with Crippen LogP contribution in [0, 0.1) is 6.92 Å². The number of nitrogens with zero attached hydrogens (tertiary/aromatic N) is 6. The van der Waals surface area contributed by atoms with Crippen molar-refractivity contribution in [2.24, 2.45) is 21.1 Å². The molecule has 1 N–H and O–H groups in total. The molecule has 1 amide bonds. The molecule has 1 atom stereocenters. The zero-order valence-electron chi connectivity index (χ0n) is 17.7. The van der Waals surface area contributed by atoms with Gasteiger partial charge in [0.05, 0.1) is 5.39 Å². The van der Waals surface area contributed by atoms with Crippen LogP contribution in [0.4, 0.5) is 0 Å². The standard InChI is InChI=1S/C19H23N7O3.2ClH/c1-11-9-12(22-16-14(11)18(28)25(4)19(29)24(16)3)17(27)26-8-5-20-10-13(26)15-21-6-7-23(15)2;;/h6-7,9,13,20H,5,8,10H2,1-4H3;2*1H. The zero-order chi connectivity index (χ0) is 20.9. The van der Waals surface area contributed by atoms with Crippen LogP contribution in [0.5, 0.6) is 0 Å². The fourth-order valence-corrected chi connectivity index (χ4v) is 3.87. The highest BCUT2D eigenvalue weighted by atomic mass is 35.5. The molecule has 4 heterocycles. The van der Waals surface area contributed by atoms with Crippen molar-refractivity contribution in [3.63, 3.8) is 0 Å². The Morgan fingerprint density at radius 1 is 1.16 bits per heavy atom. The number of nitrogens with one attached hydrogen (secondary N) is 1. The molecule has 0 aliphatic carbocycles. The third-order valence-corrected chi connectivity index (χ3v) is 5.49. The molecule has 0 bridgehead atoms. The summed E-state index contributed by atoms with van der Waals surface area (Å²) in [6.45, 7) is 3.51. The number of aryl methyl sites for hydroxylation is 3. The van der Waals surface area contributed by atoms with Gasteiger partial charge in [0, 0.05) is 53.2 Å². The molecule has 3 aromatic rings. The van der Waals surface area contributed by atoms with Gasteiger partial charge in [0.15, 0.2) is 0 Å². The van der Waals surface area contributed by atoms with E-state index in [1.165, 1.54) is 11.6 Å². The molecular formula is C19H25Cl2N7O3. The fourth-order valence-electron chi connectivity index (χ4n) is 3.87. The van der Waals surface area contributed by atoms with Crippen molar-refractivity contribution >= 4 is 41.8 Å². The molecule has 3 aromatic heterocycles. The van der Waals surface area contributed by atoms with Gasteiger partial charge in [-0.2, -0.15) is 0 Å². The van der Waals surface area contributed by atoms with E-state index in [0.717, 1.165) is 10.4 Å². The number of piperazine rings is 1. The highest BCUT2D eigenvalue weighted by Crippen LogP contribution is 2.23. The van der Waals surface area contributed by atoms with E-state index in [9.17, 15) is 14.4 Å². The zero-order valence-corrected chi connectivity index (χ0v) is 19.3. The third kappa shape index (κ3) is 3.98. The molecule has 1 aliphatic rings. The number of carbonyl (C=O) groups excluding carboxylic acids is 1. The summed E-state index contributed by atoms with van der Waals surface area (Å²) in [6, 6.07) is 1.38. The van der Waals surface area contributed by atoms with Gasteiger partial charge < -0.3 is 14.8 Å². The number of amides is 1. The number of pyridine rings is 1. The van der Waals surface area contributed by atoms with Crippen molar-refractivity contribution in [3.05, 3.63) is 56.4 Å². The highest BCUT2D eigenvalue weighted by Gasteiger charge is 2.32. The van der Waals surface area contributed by atoms with Crippen molar-refractivity contribution in [3.8, 4) is 0 Å². The lowest BCUT2D eigenvalue weighted by molar-refractivity contribution is 0.0615. The van der Waals surface area contributed by atoms with Gasteiger partial charge in [0.25, 0.3) is 11.5 Å². The summed E-state index contributed by atoms with van der Waals surface area (Å²) in [7, 11) is 4.87. The molecule has 0 spiro atoms. The van der Waals surface area contributed by atoms with Crippen LogP contribution in [0.1, 0.15) is 27.9 Å². The van der Waals surface area contributed by atoms with E-state index in [2.05, 4.69) is 15.3 Å². The second-order valence-electron chi connectivity index (χ2n) is 7.34. The fraction of sp³-hybridized carbons (Fsp3) is 0.421. The second kappa shape index (κ2) is 9.21. The Morgan fingerprint density at radius 2 is 1.87 bits per heavy atom. The minimum absolute atomic E-state index is 0. The van der Waals surface area contributed by atoms with E-state index in [-0.39, 0.29) is 48.1 Å². The maximum absolute atomic E-state index is 13.4. The number of rotatable bonds is 2. The third-order valence-electron chi connectivity index (χ3n) is 5.49. The molecular weight excluding hydrogens is 445 g/mol. The van der Waals surface area contributed by atoms with Crippen molar-refractivity contribution in [1.82, 2.24) is 33.9 Å². The molecule has 0 radical (unpaired) electrons. The van der Waals surface area contributed by atoms with Crippen LogP contribution in [-0.4, -0.2) is 54.1 Å². The minimum atomic E-state index is -0.480. The Labute approximate surface area is 190 Å². The number of carbonyl (C=O) groups is 1. The van der Waals surface area contributed by atoms with E-state index in [1.807, 2.05) is 17.8 Å². The molecule has 1 aliphatic heterocycles. The molecule has 31 heavy (non-hydrogen) atoms. The summed E-state index contributed by atoms with van der Waals surface area (Å²) in [4.78, 5) is 48.8. The number of halogens is 2. The van der Waals surface area contributed by atoms with Crippen LogP contribution >= 0.6 is 24.8 Å². The number of fused-ring (bicyclic) bond motifs is 1. The van der Waals surface area contributed by atoms with E-state index < -0.39 is 11.2 Å². The predicted octanol–water partition coefficient (Wildman–Crippen LogP) is 0.304. The molecule has 12 heteroatoms. The maximum atomic E-state index is 13.4. The number of hydrogen-bond donors (Lipinski definition) is 1. The van der Waals surface area contributed by atoms with Gasteiger partial charge in [0.1, 0.15) is 23.2 Å². The summed E-state index contributed by atoms with van der Waals surface area (Å²) >= 11 is 0. The summed E-state index contributed by atoms with van der Waals surface area (Å²) in [5.74, 6) is 0.530. The van der Waals surface area contributed by atoms with Gasteiger partial charge in [-0.05, 0) is 18.6 Å². The SMILES string of the molecule is Cc1cc(C(=O)N2CCNCC2c2nccn2C)nc2c1c(=O)n(C)c(=O)n2C.Cl.Cl. The first-order valence-electron chi connectivity index (χ1n) is 9.37. The summed E-state index contributed by atoms with van der Waals surface area (Å²) in [5, 5.41) is 3.64. The quantitative estimate of drug-likeness (QED) is 0.578. The lowest BCUT2D eigenvalue weighted by Crippen LogP contribution is -2.49. The summed E-state index contributed by atoms with van der Waals surface area (Å²) < 4.78 is 4.24. The molecule has 1 fully saturated rings. The van der Waals surface area contributed by atoms with Crippen molar-refractivity contribution in [2.75, 3.05) is 19.6 Å². The Bertz CT molecular complexity index is 1250. The number of imidazole rings is 1. The van der Waals surface area contributed by atoms with Crippen LogP contribution in [0.2, 0.25) is 0 Å². The first-order valence-corrected chi connectivity index (χ1v) is 9.37. The van der Waals surface area contributed by atoms with Crippen LogP contribution in [0.3, 0.4) is 0 Å². The normalized spacial score (nSPS) is 16.0. The van der Waals surface area contributed by atoms with E-state index in [1.54, 1.807) is 31.1 Å². The van der Waals surface area contributed by atoms with E-state index in [0.29, 0.717) is 30.6 Å². The second-order valence-corrected chi connectivity index (χ2v) is 7.34. The average molecular weight is 470 g/mol. The first-order chi connectivity index (χ1) is 13.8. The minimum Gasteiger partial charge on any atom is -0.336 e. The molecule has 0 saturated carbocycles. The molecule has 1 saturated heterocycles. The van der Waals surface area contributed by atoms with Gasteiger partial charge in [0.2, 0.25) is 0 Å². The van der Waals surface area contributed by atoms with E-state index >= 15 is 0 Å². The first kappa shape index (κ1) is 24.6. The molecule has 10 nitrogen and oxygen atoms in total. The smallest absolute Gasteiger partial charge is 0.332 e. The Balaban J connectivity index is 0.00000171. The molecule has 168 valence electrons. The Kier molecular flexibility index (Phi) is 7.30. The molecule has 1 unspecified atom stereocenters. The lowest BCUT2D eigenvalue weighted by atomic mass is 10.1. The molecule has 4 rings (SSSR count). The average Bonchev–Trinajstić information content (AvgIpc) is 3.15. The van der Waals surface area contributed by atoms with Crippen molar-refractivity contribution < 1.29 is 4.79 Å². The lowest BCUT2D eigenvalue weighted by Gasteiger charge is -2.35. The van der Waals surface area contributed by atoms with Gasteiger partial charge in [-0.25, -0.2) is 14.8 Å². The number of aromatic nitrogens is 5. The van der Waals surface area contributed by atoms with Crippen LogP contribution in [-0.2, 0) is 21.1 Å². The largest absolute Gasteiger partial charge is 0.336 e. The van der Waals surface area contributed by atoms with Crippen LogP contribution in [0.25, 0.3) is 11.0 Å². The summed E-state index contributed by atoms with van der Waals surface area (Å²) in [6.07, 6.45) is 3.55. The highest BCUT2D eigenvalue weighted by molar-refractivity contribution is 5.95. The monoisotopic (exact) mass is 469 g/mol. The van der Waals surface area contributed by atoms with Gasteiger partial charge in [-0.3, -0.25) is 18.7 Å². The Hall–Kier alpha value is -2.69. The van der Waals surface area contributed by atoms with Gasteiger partial charge >= 0.3 is 5.69 Å². The molecule has 0 aromatic carbocycles. The van der Waals surface area contributed by atoms with Crippen LogP contribution < -0.4 is 16.6 Å².